The number of nitrogens with one attached hydrogen (secondary N) is 1. The van der Waals surface area contributed by atoms with E-state index in [0.29, 0.717) is 17.2 Å². The molecule has 0 radical (unpaired) electrons. The summed E-state index contributed by atoms with van der Waals surface area (Å²) in [6, 6.07) is 4.87. The molecule has 0 aromatic heterocycles. The van der Waals surface area contributed by atoms with Gasteiger partial charge >= 0.3 is 0 Å². The summed E-state index contributed by atoms with van der Waals surface area (Å²) in [4.78, 5) is 10.3. The average Bonchev–Trinajstić information content (AvgIpc) is 2.37. The Labute approximate surface area is 109 Å². The van der Waals surface area contributed by atoms with Crippen LogP contribution in [0.2, 0.25) is 0 Å². The van der Waals surface area contributed by atoms with Gasteiger partial charge < -0.3 is 15.5 Å². The quantitative estimate of drug-likeness (QED) is 0.510. The van der Waals surface area contributed by atoms with E-state index in [1.165, 1.54) is 17.8 Å². The Morgan fingerprint density at radius 3 is 2.83 bits per heavy atom. The van der Waals surface area contributed by atoms with Crippen molar-refractivity contribution in [3.63, 3.8) is 0 Å². The number of nitro benzene ring substituents is 1. The van der Waals surface area contributed by atoms with Gasteiger partial charge in [-0.05, 0) is 11.6 Å². The van der Waals surface area contributed by atoms with E-state index in [-0.39, 0.29) is 12.3 Å². The molecule has 0 aliphatic rings. The molecular formula is C11H16N2O4S. The van der Waals surface area contributed by atoms with Crippen LogP contribution in [0.5, 0.6) is 0 Å². The third-order valence-electron chi connectivity index (χ3n) is 2.32. The Bertz CT molecular complexity index is 414. The first-order chi connectivity index (χ1) is 8.58. The van der Waals surface area contributed by atoms with Gasteiger partial charge in [-0.25, -0.2) is 0 Å². The van der Waals surface area contributed by atoms with Crippen LogP contribution in [0.1, 0.15) is 5.56 Å². The summed E-state index contributed by atoms with van der Waals surface area (Å²) >= 11 is 1.46. The molecule has 1 rings (SSSR count). The van der Waals surface area contributed by atoms with E-state index in [0.717, 1.165) is 5.56 Å². The zero-order valence-electron chi connectivity index (χ0n) is 10.00. The molecule has 0 amide bonds. The first-order valence-electron chi connectivity index (χ1n) is 5.40. The lowest BCUT2D eigenvalue weighted by molar-refractivity contribution is -0.383. The second-order valence-corrected chi connectivity index (χ2v) is 4.74. The van der Waals surface area contributed by atoms with Gasteiger partial charge in [0.1, 0.15) is 5.69 Å². The Hall–Kier alpha value is -1.31. The van der Waals surface area contributed by atoms with Crippen LogP contribution in [-0.2, 0) is 5.75 Å². The topological polar surface area (TPSA) is 95.6 Å². The molecule has 18 heavy (non-hydrogen) atoms. The minimum absolute atomic E-state index is 0.0432. The molecule has 0 saturated carbocycles. The van der Waals surface area contributed by atoms with Crippen LogP contribution in [0.4, 0.5) is 11.4 Å². The highest BCUT2D eigenvalue weighted by Gasteiger charge is 2.12. The van der Waals surface area contributed by atoms with Crippen LogP contribution < -0.4 is 5.32 Å². The van der Waals surface area contributed by atoms with Gasteiger partial charge in [-0.1, -0.05) is 6.07 Å². The summed E-state index contributed by atoms with van der Waals surface area (Å²) in [5, 5.41) is 31.4. The molecular weight excluding hydrogens is 256 g/mol. The van der Waals surface area contributed by atoms with Crippen LogP contribution in [0.25, 0.3) is 0 Å². The van der Waals surface area contributed by atoms with Crippen molar-refractivity contribution in [1.29, 1.82) is 0 Å². The third kappa shape index (κ3) is 4.17. The molecule has 0 spiro atoms. The fourth-order valence-electron chi connectivity index (χ4n) is 1.40. The number of aliphatic hydroxyl groups is 2. The minimum atomic E-state index is -0.725. The predicted molar refractivity (Wildman–Crippen MR) is 71.9 cm³/mol. The largest absolute Gasteiger partial charge is 0.394 e. The number of rotatable bonds is 7. The summed E-state index contributed by atoms with van der Waals surface area (Å²) in [7, 11) is 1.63. The smallest absolute Gasteiger partial charge is 0.292 e. The van der Waals surface area contributed by atoms with Crippen LogP contribution in [0.15, 0.2) is 18.2 Å². The zero-order chi connectivity index (χ0) is 13.5. The van der Waals surface area contributed by atoms with Crippen LogP contribution in [-0.4, -0.2) is 40.6 Å². The first-order valence-corrected chi connectivity index (χ1v) is 6.55. The fourth-order valence-corrected chi connectivity index (χ4v) is 2.31. The number of nitro groups is 1. The predicted octanol–water partition coefficient (Wildman–Crippen LogP) is 1.22. The number of anilines is 1. The van der Waals surface area contributed by atoms with Crippen molar-refractivity contribution in [1.82, 2.24) is 0 Å². The third-order valence-corrected chi connectivity index (χ3v) is 3.47. The van der Waals surface area contributed by atoms with Gasteiger partial charge in [0.05, 0.1) is 17.6 Å². The Morgan fingerprint density at radius 2 is 2.28 bits per heavy atom. The highest BCUT2D eigenvalue weighted by Crippen LogP contribution is 2.26. The molecule has 1 aromatic rings. The van der Waals surface area contributed by atoms with E-state index < -0.39 is 11.0 Å². The van der Waals surface area contributed by atoms with Gasteiger partial charge in [-0.3, -0.25) is 10.1 Å². The molecule has 1 atom stereocenters. The Balaban J connectivity index is 2.65. The Kier molecular flexibility index (Phi) is 5.90. The number of benzene rings is 1. The van der Waals surface area contributed by atoms with E-state index in [9.17, 15) is 15.2 Å². The summed E-state index contributed by atoms with van der Waals surface area (Å²) in [5.74, 6) is 1.06. The number of nitrogens with zero attached hydrogens (tertiary/aromatic N) is 1. The second-order valence-electron chi connectivity index (χ2n) is 3.71. The molecule has 0 aliphatic carbocycles. The SMILES string of the molecule is CNc1cc(CSCC(O)CO)ccc1[N+](=O)[O-]. The standard InChI is InChI=1S/C11H16N2O4S/c1-12-10-4-8(2-3-11(10)13(16)17)6-18-7-9(15)5-14/h2-4,9,12,14-15H,5-7H2,1H3. The fraction of sp³-hybridized carbons (Fsp3) is 0.455. The van der Waals surface area contributed by atoms with Gasteiger partial charge in [0.15, 0.2) is 0 Å². The minimum Gasteiger partial charge on any atom is -0.394 e. The lowest BCUT2D eigenvalue weighted by Gasteiger charge is -2.08. The van der Waals surface area contributed by atoms with Crippen molar-refractivity contribution in [3.8, 4) is 0 Å². The Morgan fingerprint density at radius 1 is 1.56 bits per heavy atom. The van der Waals surface area contributed by atoms with Gasteiger partial charge in [-0.2, -0.15) is 11.8 Å². The van der Waals surface area contributed by atoms with Gasteiger partial charge in [-0.15, -0.1) is 0 Å². The molecule has 7 heteroatoms. The van der Waals surface area contributed by atoms with Crippen LogP contribution in [0, 0.1) is 10.1 Å². The van der Waals surface area contributed by atoms with Crippen molar-refractivity contribution in [2.45, 2.75) is 11.9 Å². The van der Waals surface area contributed by atoms with Crippen molar-refractivity contribution < 1.29 is 15.1 Å². The maximum absolute atomic E-state index is 10.7. The maximum atomic E-state index is 10.7. The van der Waals surface area contributed by atoms with E-state index in [2.05, 4.69) is 5.32 Å². The summed E-state index contributed by atoms with van der Waals surface area (Å²) in [6.07, 6.45) is -0.725. The highest BCUT2D eigenvalue weighted by atomic mass is 32.2. The lowest BCUT2D eigenvalue weighted by atomic mass is 10.2. The van der Waals surface area contributed by atoms with Crippen LogP contribution >= 0.6 is 11.8 Å². The van der Waals surface area contributed by atoms with Crippen molar-refractivity contribution in [2.24, 2.45) is 0 Å². The lowest BCUT2D eigenvalue weighted by Crippen LogP contribution is -2.14. The van der Waals surface area contributed by atoms with E-state index in [1.54, 1.807) is 19.2 Å². The number of hydrogen-bond acceptors (Lipinski definition) is 6. The summed E-state index contributed by atoms with van der Waals surface area (Å²) in [5.41, 5.74) is 1.45. The molecule has 0 heterocycles. The normalized spacial score (nSPS) is 12.2. The van der Waals surface area contributed by atoms with Gasteiger partial charge in [0.25, 0.3) is 5.69 Å². The monoisotopic (exact) mass is 272 g/mol. The van der Waals surface area contributed by atoms with Crippen molar-refractivity contribution in [2.75, 3.05) is 24.7 Å². The average molecular weight is 272 g/mol. The van der Waals surface area contributed by atoms with E-state index in [1.807, 2.05) is 0 Å². The van der Waals surface area contributed by atoms with Crippen LogP contribution in [0.3, 0.4) is 0 Å². The molecule has 6 nitrogen and oxygen atoms in total. The number of aliphatic hydroxyl groups excluding tert-OH is 2. The summed E-state index contributed by atoms with van der Waals surface area (Å²) in [6.45, 7) is -0.255. The van der Waals surface area contributed by atoms with E-state index >= 15 is 0 Å². The molecule has 0 bridgehead atoms. The second kappa shape index (κ2) is 7.20. The number of hydrogen-bond donors (Lipinski definition) is 3. The molecule has 1 aromatic carbocycles. The molecule has 1 unspecified atom stereocenters. The highest BCUT2D eigenvalue weighted by molar-refractivity contribution is 7.98. The summed E-state index contributed by atoms with van der Waals surface area (Å²) < 4.78 is 0. The first kappa shape index (κ1) is 14.7. The van der Waals surface area contributed by atoms with Crippen molar-refractivity contribution in [3.05, 3.63) is 33.9 Å². The molecule has 3 N–H and O–H groups in total. The molecule has 0 saturated heterocycles. The van der Waals surface area contributed by atoms with Crippen molar-refractivity contribution >= 4 is 23.1 Å². The molecule has 0 fully saturated rings. The van der Waals surface area contributed by atoms with Gasteiger partial charge in [0, 0.05) is 24.6 Å². The van der Waals surface area contributed by atoms with Gasteiger partial charge in [0.2, 0.25) is 0 Å². The van der Waals surface area contributed by atoms with E-state index in [4.69, 9.17) is 5.11 Å². The molecule has 0 aliphatic heterocycles. The zero-order valence-corrected chi connectivity index (χ0v) is 10.8. The number of thioether (sulfide) groups is 1. The maximum Gasteiger partial charge on any atom is 0.292 e. The molecule has 100 valence electrons.